The van der Waals surface area contributed by atoms with Gasteiger partial charge in [-0.05, 0) is 13.0 Å². The molecule has 2 rings (SSSR count). The molecule has 1 aliphatic rings. The van der Waals surface area contributed by atoms with E-state index in [1.54, 1.807) is 0 Å². The van der Waals surface area contributed by atoms with Gasteiger partial charge in [0.05, 0.1) is 0 Å². The molecule has 1 aromatic rings. The lowest BCUT2D eigenvalue weighted by molar-refractivity contribution is -0.138. The average molecular weight is 264 g/mol. The first-order valence-corrected chi connectivity index (χ1v) is 5.90. The zero-order valence-corrected chi connectivity index (χ0v) is 9.66. The van der Waals surface area contributed by atoms with Crippen LogP contribution in [0.15, 0.2) is 11.6 Å². The van der Waals surface area contributed by atoms with Crippen molar-refractivity contribution in [1.82, 2.24) is 15.5 Å². The van der Waals surface area contributed by atoms with Crippen LogP contribution in [0.5, 0.6) is 0 Å². The summed E-state index contributed by atoms with van der Waals surface area (Å²) in [6.45, 7) is 2.23. The smallest absolute Gasteiger partial charge is 0.356 e. The molecule has 0 unspecified atom stereocenters. The van der Waals surface area contributed by atoms with Gasteiger partial charge in [-0.3, -0.25) is 0 Å². The molecule has 17 heavy (non-hydrogen) atoms. The number of nitrogens with one attached hydrogen (secondary N) is 2. The summed E-state index contributed by atoms with van der Waals surface area (Å²) in [7, 11) is 0. The zero-order chi connectivity index (χ0) is 12.3. The van der Waals surface area contributed by atoms with Crippen LogP contribution in [0.25, 0.3) is 0 Å². The van der Waals surface area contributed by atoms with Gasteiger partial charge >= 0.3 is 6.18 Å². The molecule has 0 saturated carbocycles. The predicted molar refractivity (Wildman–Crippen MR) is 59.0 cm³/mol. The third-order valence-electron chi connectivity index (χ3n) is 2.29. The van der Waals surface area contributed by atoms with E-state index in [1.807, 2.05) is 6.08 Å². The van der Waals surface area contributed by atoms with E-state index in [0.717, 1.165) is 19.5 Å². The fourth-order valence-corrected chi connectivity index (χ4v) is 2.04. The molecule has 0 fully saturated rings. The Morgan fingerprint density at radius 2 is 2.24 bits per heavy atom. The van der Waals surface area contributed by atoms with Crippen LogP contribution in [0.1, 0.15) is 11.4 Å². The summed E-state index contributed by atoms with van der Waals surface area (Å²) in [4.78, 5) is 0. The monoisotopic (exact) mass is 264 g/mol. The molecule has 1 aromatic heterocycles. The van der Waals surface area contributed by atoms with Crippen molar-refractivity contribution < 1.29 is 13.2 Å². The fraction of sp³-hybridized carbons (Fsp3) is 0.556. The van der Waals surface area contributed by atoms with Crippen molar-refractivity contribution >= 4 is 16.5 Å². The molecule has 0 bridgehead atoms. The quantitative estimate of drug-likeness (QED) is 0.819. The van der Waals surface area contributed by atoms with Crippen molar-refractivity contribution in [2.45, 2.75) is 12.6 Å². The van der Waals surface area contributed by atoms with Crippen molar-refractivity contribution in [1.29, 1.82) is 0 Å². The van der Waals surface area contributed by atoms with E-state index < -0.39 is 11.2 Å². The maximum absolute atomic E-state index is 12.3. The van der Waals surface area contributed by atoms with E-state index in [2.05, 4.69) is 20.8 Å². The number of alkyl halides is 3. The van der Waals surface area contributed by atoms with E-state index >= 15 is 0 Å². The summed E-state index contributed by atoms with van der Waals surface area (Å²) >= 11 is 0.527. The summed E-state index contributed by atoms with van der Waals surface area (Å²) in [5.41, 5.74) is 1.17. The Balaban J connectivity index is 1.91. The molecule has 0 aliphatic carbocycles. The molecule has 2 N–H and O–H groups in total. The molecule has 4 nitrogen and oxygen atoms in total. The number of halogens is 3. The summed E-state index contributed by atoms with van der Waals surface area (Å²) in [5.74, 6) is 0. The molecule has 1 aliphatic heterocycles. The Hall–Kier alpha value is -1.15. The van der Waals surface area contributed by atoms with Gasteiger partial charge in [0.25, 0.3) is 0 Å². The van der Waals surface area contributed by atoms with Gasteiger partial charge in [0.2, 0.25) is 10.1 Å². The van der Waals surface area contributed by atoms with Crippen LogP contribution < -0.4 is 10.6 Å². The van der Waals surface area contributed by atoms with Crippen LogP contribution in [0.2, 0.25) is 0 Å². The van der Waals surface area contributed by atoms with Crippen molar-refractivity contribution in [2.75, 3.05) is 25.0 Å². The molecule has 0 amide bonds. The van der Waals surface area contributed by atoms with Gasteiger partial charge < -0.3 is 10.6 Å². The maximum Gasteiger partial charge on any atom is 0.445 e. The standard InChI is InChI=1S/C9H11F3N4S/c10-9(11,12)7-15-16-8(17-7)14-5-6-1-3-13-4-2-6/h1,13H,2-5H2,(H,14,16). The summed E-state index contributed by atoms with van der Waals surface area (Å²) in [6, 6.07) is 0. The number of rotatable bonds is 3. The average Bonchev–Trinajstić information content (AvgIpc) is 2.76. The molecule has 2 heterocycles. The first kappa shape index (κ1) is 12.3. The molecule has 8 heteroatoms. The van der Waals surface area contributed by atoms with Gasteiger partial charge in [-0.15, -0.1) is 10.2 Å². The van der Waals surface area contributed by atoms with Gasteiger partial charge in [0.1, 0.15) is 0 Å². The van der Waals surface area contributed by atoms with E-state index in [-0.39, 0.29) is 5.13 Å². The lowest BCUT2D eigenvalue weighted by Gasteiger charge is -2.13. The Morgan fingerprint density at radius 1 is 1.41 bits per heavy atom. The van der Waals surface area contributed by atoms with Gasteiger partial charge in [-0.1, -0.05) is 23.0 Å². The second-order valence-electron chi connectivity index (χ2n) is 3.58. The van der Waals surface area contributed by atoms with Gasteiger partial charge in [-0.2, -0.15) is 13.2 Å². The molecule has 94 valence electrons. The van der Waals surface area contributed by atoms with Gasteiger partial charge in [-0.25, -0.2) is 0 Å². The van der Waals surface area contributed by atoms with Crippen LogP contribution >= 0.6 is 11.3 Å². The van der Waals surface area contributed by atoms with Crippen LogP contribution in [-0.4, -0.2) is 29.8 Å². The molecule has 0 radical (unpaired) electrons. The van der Waals surface area contributed by atoms with Gasteiger partial charge in [0.15, 0.2) is 0 Å². The van der Waals surface area contributed by atoms with Crippen molar-refractivity contribution in [3.8, 4) is 0 Å². The third-order valence-corrected chi connectivity index (χ3v) is 3.22. The highest BCUT2D eigenvalue weighted by molar-refractivity contribution is 7.15. The second kappa shape index (κ2) is 5.01. The van der Waals surface area contributed by atoms with Crippen LogP contribution in [-0.2, 0) is 6.18 Å². The fourth-order valence-electron chi connectivity index (χ4n) is 1.43. The highest BCUT2D eigenvalue weighted by Gasteiger charge is 2.35. The molecular formula is C9H11F3N4S. The first-order valence-electron chi connectivity index (χ1n) is 5.09. The topological polar surface area (TPSA) is 49.8 Å². The number of aromatic nitrogens is 2. The minimum atomic E-state index is -4.41. The van der Waals surface area contributed by atoms with E-state index in [0.29, 0.717) is 17.9 Å². The minimum Gasteiger partial charge on any atom is -0.356 e. The van der Waals surface area contributed by atoms with Crippen molar-refractivity contribution in [2.24, 2.45) is 0 Å². The minimum absolute atomic E-state index is 0.205. The van der Waals surface area contributed by atoms with E-state index in [9.17, 15) is 13.2 Å². The van der Waals surface area contributed by atoms with Crippen LogP contribution in [0.4, 0.5) is 18.3 Å². The summed E-state index contributed by atoms with van der Waals surface area (Å²) in [6.07, 6.45) is -1.48. The molecule has 0 saturated heterocycles. The Bertz CT molecular complexity index is 413. The molecule has 0 spiro atoms. The second-order valence-corrected chi connectivity index (χ2v) is 4.56. The maximum atomic E-state index is 12.3. The normalized spacial score (nSPS) is 16.8. The van der Waals surface area contributed by atoms with E-state index in [4.69, 9.17) is 0 Å². The predicted octanol–water partition coefficient (Wildman–Crippen LogP) is 1.89. The SMILES string of the molecule is FC(F)(F)c1nnc(NCC2=CCNCC2)s1. The zero-order valence-electron chi connectivity index (χ0n) is 8.84. The van der Waals surface area contributed by atoms with Gasteiger partial charge in [0, 0.05) is 13.1 Å². The lowest BCUT2D eigenvalue weighted by Crippen LogP contribution is -2.23. The van der Waals surface area contributed by atoms with E-state index in [1.165, 1.54) is 5.57 Å². The van der Waals surface area contributed by atoms with Crippen molar-refractivity contribution in [3.63, 3.8) is 0 Å². The van der Waals surface area contributed by atoms with Crippen molar-refractivity contribution in [3.05, 3.63) is 16.7 Å². The largest absolute Gasteiger partial charge is 0.445 e. The number of hydrogen-bond donors (Lipinski definition) is 2. The highest BCUT2D eigenvalue weighted by Crippen LogP contribution is 2.32. The number of hydrogen-bond acceptors (Lipinski definition) is 5. The third kappa shape index (κ3) is 3.40. The Labute approximate surface area is 99.9 Å². The highest BCUT2D eigenvalue weighted by atomic mass is 32.1. The number of nitrogens with zero attached hydrogens (tertiary/aromatic N) is 2. The summed E-state index contributed by atoms with van der Waals surface area (Å²) in [5, 5.41) is 11.9. The first-order chi connectivity index (χ1) is 8.05. The molecular weight excluding hydrogens is 253 g/mol. The molecule has 0 aromatic carbocycles. The molecule has 0 atom stereocenters. The van der Waals surface area contributed by atoms with Crippen LogP contribution in [0.3, 0.4) is 0 Å². The Morgan fingerprint density at radius 3 is 2.82 bits per heavy atom. The number of anilines is 1. The van der Waals surface area contributed by atoms with Crippen LogP contribution in [0, 0.1) is 0 Å². The summed E-state index contributed by atoms with van der Waals surface area (Å²) < 4.78 is 36.8. The lowest BCUT2D eigenvalue weighted by atomic mass is 10.1. The Kier molecular flexibility index (Phi) is 3.63.